The van der Waals surface area contributed by atoms with Crippen molar-refractivity contribution in [3.05, 3.63) is 44.9 Å². The van der Waals surface area contributed by atoms with Crippen molar-refractivity contribution < 1.29 is 4.74 Å². The zero-order chi connectivity index (χ0) is 13.8. The minimum Gasteiger partial charge on any atom is -0.493 e. The predicted molar refractivity (Wildman–Crippen MR) is 79.9 cm³/mol. The molecule has 0 spiro atoms. The molecule has 0 saturated heterocycles. The summed E-state index contributed by atoms with van der Waals surface area (Å²) in [6, 6.07) is 4.20. The normalized spacial score (nSPS) is 10.7. The van der Waals surface area contributed by atoms with Crippen LogP contribution in [0, 0.1) is 20.8 Å². The van der Waals surface area contributed by atoms with Crippen molar-refractivity contribution in [2.45, 2.75) is 33.7 Å². The standard InChI is InChI=1S/C15H20N2OS/c1-10-6-13(8-16)7-11(2)15(10)18-5-4-14-12(3)17-9-19-14/h6-7,9H,4-5,8,16H2,1-3H3. The average molecular weight is 276 g/mol. The molecule has 0 radical (unpaired) electrons. The minimum absolute atomic E-state index is 0.571. The van der Waals surface area contributed by atoms with E-state index >= 15 is 0 Å². The molecule has 0 aliphatic heterocycles. The van der Waals surface area contributed by atoms with Gasteiger partial charge >= 0.3 is 0 Å². The first-order valence-corrected chi connectivity index (χ1v) is 7.31. The Morgan fingerprint density at radius 1 is 1.21 bits per heavy atom. The van der Waals surface area contributed by atoms with Crippen LogP contribution in [0.15, 0.2) is 17.6 Å². The number of nitrogens with zero attached hydrogens (tertiary/aromatic N) is 1. The molecule has 102 valence electrons. The molecule has 0 fully saturated rings. The third kappa shape index (κ3) is 3.33. The smallest absolute Gasteiger partial charge is 0.125 e. The van der Waals surface area contributed by atoms with Gasteiger partial charge in [-0.3, -0.25) is 0 Å². The first-order valence-electron chi connectivity index (χ1n) is 6.43. The number of aryl methyl sites for hydroxylation is 3. The third-order valence-corrected chi connectivity index (χ3v) is 4.17. The summed E-state index contributed by atoms with van der Waals surface area (Å²) in [5.74, 6) is 0.986. The van der Waals surface area contributed by atoms with Crippen molar-refractivity contribution in [3.8, 4) is 5.75 Å². The van der Waals surface area contributed by atoms with Crippen LogP contribution >= 0.6 is 11.3 Å². The van der Waals surface area contributed by atoms with Gasteiger partial charge in [0, 0.05) is 17.8 Å². The topological polar surface area (TPSA) is 48.1 Å². The number of hydrogen-bond acceptors (Lipinski definition) is 4. The molecule has 2 rings (SSSR count). The highest BCUT2D eigenvalue weighted by molar-refractivity contribution is 7.09. The van der Waals surface area contributed by atoms with Gasteiger partial charge in [-0.1, -0.05) is 12.1 Å². The van der Waals surface area contributed by atoms with Crippen LogP contribution in [0.4, 0.5) is 0 Å². The Hall–Kier alpha value is -1.39. The number of thiazole rings is 1. The molecule has 0 aliphatic carbocycles. The summed E-state index contributed by atoms with van der Waals surface area (Å²) in [4.78, 5) is 5.55. The van der Waals surface area contributed by atoms with Crippen LogP contribution < -0.4 is 10.5 Å². The SMILES string of the molecule is Cc1cc(CN)cc(C)c1OCCc1scnc1C. The summed E-state index contributed by atoms with van der Waals surface area (Å²) in [6.07, 6.45) is 0.911. The quantitative estimate of drug-likeness (QED) is 0.912. The first-order chi connectivity index (χ1) is 9.11. The molecule has 1 aromatic heterocycles. The zero-order valence-electron chi connectivity index (χ0n) is 11.7. The Bertz CT molecular complexity index is 540. The van der Waals surface area contributed by atoms with Gasteiger partial charge in [-0.05, 0) is 37.5 Å². The van der Waals surface area contributed by atoms with Gasteiger partial charge in [0.1, 0.15) is 5.75 Å². The second kappa shape index (κ2) is 6.17. The molecule has 0 amide bonds. The van der Waals surface area contributed by atoms with Crippen LogP contribution in [0.1, 0.15) is 27.3 Å². The van der Waals surface area contributed by atoms with Gasteiger partial charge in [0.15, 0.2) is 0 Å². The van der Waals surface area contributed by atoms with Gasteiger partial charge in [0.25, 0.3) is 0 Å². The fourth-order valence-corrected chi connectivity index (χ4v) is 2.96. The number of rotatable bonds is 5. The van der Waals surface area contributed by atoms with E-state index in [9.17, 15) is 0 Å². The molecular weight excluding hydrogens is 256 g/mol. The van der Waals surface area contributed by atoms with Gasteiger partial charge in [-0.15, -0.1) is 11.3 Å². The molecule has 1 aromatic carbocycles. The van der Waals surface area contributed by atoms with E-state index in [1.165, 1.54) is 4.88 Å². The van der Waals surface area contributed by atoms with E-state index in [0.29, 0.717) is 13.2 Å². The maximum atomic E-state index is 5.93. The molecule has 0 saturated carbocycles. The van der Waals surface area contributed by atoms with Crippen molar-refractivity contribution in [1.82, 2.24) is 4.98 Å². The Labute approximate surface area is 118 Å². The summed E-state index contributed by atoms with van der Waals surface area (Å²) in [6.45, 7) is 7.44. The van der Waals surface area contributed by atoms with E-state index in [2.05, 4.69) is 31.0 Å². The highest BCUT2D eigenvalue weighted by atomic mass is 32.1. The highest BCUT2D eigenvalue weighted by Crippen LogP contribution is 2.25. The van der Waals surface area contributed by atoms with Gasteiger partial charge in [0.2, 0.25) is 0 Å². The van der Waals surface area contributed by atoms with E-state index < -0.39 is 0 Å². The maximum absolute atomic E-state index is 5.93. The Morgan fingerprint density at radius 3 is 2.42 bits per heavy atom. The molecule has 3 nitrogen and oxygen atoms in total. The Balaban J connectivity index is 2.02. The number of nitrogens with two attached hydrogens (primary N) is 1. The lowest BCUT2D eigenvalue weighted by Crippen LogP contribution is -2.05. The van der Waals surface area contributed by atoms with E-state index in [-0.39, 0.29) is 0 Å². The van der Waals surface area contributed by atoms with Crippen LogP contribution in [-0.4, -0.2) is 11.6 Å². The maximum Gasteiger partial charge on any atom is 0.125 e. The van der Waals surface area contributed by atoms with Crippen molar-refractivity contribution in [1.29, 1.82) is 0 Å². The molecule has 0 bridgehead atoms. The van der Waals surface area contributed by atoms with E-state index in [0.717, 1.165) is 34.6 Å². The molecule has 0 unspecified atom stereocenters. The number of ether oxygens (including phenoxy) is 1. The average Bonchev–Trinajstić information content (AvgIpc) is 2.78. The lowest BCUT2D eigenvalue weighted by molar-refractivity contribution is 0.318. The van der Waals surface area contributed by atoms with Crippen LogP contribution in [0.2, 0.25) is 0 Å². The van der Waals surface area contributed by atoms with E-state index in [1.807, 2.05) is 12.4 Å². The second-order valence-electron chi connectivity index (χ2n) is 4.72. The van der Waals surface area contributed by atoms with E-state index in [1.54, 1.807) is 11.3 Å². The lowest BCUT2D eigenvalue weighted by atomic mass is 10.1. The number of hydrogen-bond donors (Lipinski definition) is 1. The Morgan fingerprint density at radius 2 is 1.89 bits per heavy atom. The molecule has 2 aromatic rings. The largest absolute Gasteiger partial charge is 0.493 e. The monoisotopic (exact) mass is 276 g/mol. The molecule has 0 atom stereocenters. The second-order valence-corrected chi connectivity index (χ2v) is 5.66. The molecule has 0 aliphatic rings. The number of aromatic nitrogens is 1. The molecular formula is C15H20N2OS. The summed E-state index contributed by atoms with van der Waals surface area (Å²) in [7, 11) is 0. The lowest BCUT2D eigenvalue weighted by Gasteiger charge is -2.13. The summed E-state index contributed by atoms with van der Waals surface area (Å²) in [5.41, 5.74) is 12.1. The van der Waals surface area contributed by atoms with Gasteiger partial charge < -0.3 is 10.5 Å². The molecule has 2 N–H and O–H groups in total. The van der Waals surface area contributed by atoms with Gasteiger partial charge in [0.05, 0.1) is 17.8 Å². The summed E-state index contributed by atoms with van der Waals surface area (Å²) >= 11 is 1.69. The van der Waals surface area contributed by atoms with Crippen molar-refractivity contribution >= 4 is 11.3 Å². The van der Waals surface area contributed by atoms with Crippen LogP contribution in [0.25, 0.3) is 0 Å². The van der Waals surface area contributed by atoms with Gasteiger partial charge in [-0.2, -0.15) is 0 Å². The van der Waals surface area contributed by atoms with Crippen LogP contribution in [-0.2, 0) is 13.0 Å². The fourth-order valence-electron chi connectivity index (χ4n) is 2.20. The van der Waals surface area contributed by atoms with Crippen molar-refractivity contribution in [2.24, 2.45) is 5.73 Å². The highest BCUT2D eigenvalue weighted by Gasteiger charge is 2.07. The molecule has 19 heavy (non-hydrogen) atoms. The third-order valence-electron chi connectivity index (χ3n) is 3.18. The van der Waals surface area contributed by atoms with Crippen molar-refractivity contribution in [3.63, 3.8) is 0 Å². The predicted octanol–water partition coefficient (Wildman–Crippen LogP) is 3.15. The molecule has 4 heteroatoms. The fraction of sp³-hybridized carbons (Fsp3) is 0.400. The van der Waals surface area contributed by atoms with Gasteiger partial charge in [-0.25, -0.2) is 4.98 Å². The van der Waals surface area contributed by atoms with E-state index in [4.69, 9.17) is 10.5 Å². The first kappa shape index (κ1) is 14.0. The van der Waals surface area contributed by atoms with Crippen molar-refractivity contribution in [2.75, 3.05) is 6.61 Å². The summed E-state index contributed by atoms with van der Waals surface area (Å²) in [5, 5.41) is 0. The minimum atomic E-state index is 0.571. The zero-order valence-corrected chi connectivity index (χ0v) is 12.5. The van der Waals surface area contributed by atoms with Crippen LogP contribution in [0.5, 0.6) is 5.75 Å². The number of benzene rings is 1. The summed E-state index contributed by atoms with van der Waals surface area (Å²) < 4.78 is 5.93. The molecule has 1 heterocycles. The Kier molecular flexibility index (Phi) is 4.56. The van der Waals surface area contributed by atoms with Crippen LogP contribution in [0.3, 0.4) is 0 Å².